The highest BCUT2D eigenvalue weighted by atomic mass is 16.6. The van der Waals surface area contributed by atoms with Crippen molar-refractivity contribution in [3.05, 3.63) is 53.9 Å². The zero-order valence-electron chi connectivity index (χ0n) is 11.9. The lowest BCUT2D eigenvalue weighted by Gasteiger charge is -2.08. The van der Waals surface area contributed by atoms with Gasteiger partial charge in [0.25, 0.3) is 0 Å². The third kappa shape index (κ3) is 3.73. The van der Waals surface area contributed by atoms with Crippen molar-refractivity contribution in [3.63, 3.8) is 0 Å². The molecular weight excluding hydrogens is 284 g/mol. The maximum absolute atomic E-state index is 12.0. The fourth-order valence-corrected chi connectivity index (χ4v) is 1.86. The van der Waals surface area contributed by atoms with Crippen LogP contribution in [0.25, 0.3) is 0 Å². The number of epoxide rings is 1. The summed E-state index contributed by atoms with van der Waals surface area (Å²) >= 11 is 0. The van der Waals surface area contributed by atoms with E-state index in [0.717, 1.165) is 5.56 Å². The van der Waals surface area contributed by atoms with E-state index >= 15 is 0 Å². The van der Waals surface area contributed by atoms with Crippen LogP contribution in [0.3, 0.4) is 0 Å². The second-order valence-electron chi connectivity index (χ2n) is 4.94. The second-order valence-corrected chi connectivity index (χ2v) is 4.94. The molecule has 114 valence electrons. The van der Waals surface area contributed by atoms with Gasteiger partial charge in [-0.1, -0.05) is 30.3 Å². The average molecular weight is 300 g/mol. The van der Waals surface area contributed by atoms with E-state index in [4.69, 9.17) is 19.9 Å². The molecule has 1 aromatic heterocycles. The molecule has 1 saturated heterocycles. The number of hydrogen-bond donors (Lipinski definition) is 1. The van der Waals surface area contributed by atoms with Crippen molar-refractivity contribution in [2.75, 3.05) is 18.9 Å². The molecule has 0 radical (unpaired) electrons. The number of nitrogens with zero attached hydrogens (tertiary/aromatic N) is 1. The zero-order chi connectivity index (χ0) is 15.4. The average Bonchev–Trinajstić information content (AvgIpc) is 3.36. The van der Waals surface area contributed by atoms with Crippen LogP contribution in [0.4, 0.5) is 5.69 Å². The Morgan fingerprint density at radius 2 is 2.14 bits per heavy atom. The molecule has 2 aromatic rings. The fraction of sp³-hybridized carbons (Fsp3) is 0.250. The molecule has 6 nitrogen and oxygen atoms in total. The molecule has 0 spiro atoms. The number of aromatic nitrogens is 1. The number of nitrogens with two attached hydrogens (primary N) is 1. The van der Waals surface area contributed by atoms with E-state index in [-0.39, 0.29) is 24.1 Å². The summed E-state index contributed by atoms with van der Waals surface area (Å²) < 4.78 is 15.7. The predicted octanol–water partition coefficient (Wildman–Crippen LogP) is 1.80. The number of pyridine rings is 1. The van der Waals surface area contributed by atoms with Crippen molar-refractivity contribution >= 4 is 11.7 Å². The van der Waals surface area contributed by atoms with Crippen LogP contribution in [-0.2, 0) is 16.1 Å². The highest BCUT2D eigenvalue weighted by molar-refractivity contribution is 5.93. The summed E-state index contributed by atoms with van der Waals surface area (Å²) in [6.07, 6.45) is 1.61. The van der Waals surface area contributed by atoms with Gasteiger partial charge in [-0.05, 0) is 5.56 Å². The van der Waals surface area contributed by atoms with Gasteiger partial charge in [-0.3, -0.25) is 0 Å². The molecule has 1 fully saturated rings. The predicted molar refractivity (Wildman–Crippen MR) is 79.4 cm³/mol. The molecule has 3 rings (SSSR count). The van der Waals surface area contributed by atoms with Crippen molar-refractivity contribution < 1.29 is 19.0 Å². The minimum atomic E-state index is -0.557. The van der Waals surface area contributed by atoms with Gasteiger partial charge in [-0.25, -0.2) is 9.78 Å². The molecule has 0 aliphatic carbocycles. The van der Waals surface area contributed by atoms with Gasteiger partial charge in [-0.2, -0.15) is 0 Å². The molecule has 2 heterocycles. The number of benzene rings is 1. The number of anilines is 1. The van der Waals surface area contributed by atoms with E-state index in [2.05, 4.69) is 4.98 Å². The highest BCUT2D eigenvalue weighted by Gasteiger charge is 2.23. The Labute approximate surface area is 127 Å². The highest BCUT2D eigenvalue weighted by Crippen LogP contribution is 2.20. The number of carbonyl (C=O) groups excluding carboxylic acids is 1. The third-order valence-corrected chi connectivity index (χ3v) is 3.14. The molecule has 2 N–H and O–H groups in total. The van der Waals surface area contributed by atoms with Gasteiger partial charge >= 0.3 is 5.97 Å². The first kappa shape index (κ1) is 14.3. The van der Waals surface area contributed by atoms with E-state index in [9.17, 15) is 4.79 Å². The topological polar surface area (TPSA) is 87.0 Å². The van der Waals surface area contributed by atoms with Crippen molar-refractivity contribution in [2.45, 2.75) is 12.7 Å². The van der Waals surface area contributed by atoms with Crippen molar-refractivity contribution in [2.24, 2.45) is 0 Å². The molecule has 0 amide bonds. The Bertz CT molecular complexity index is 656. The van der Waals surface area contributed by atoms with Crippen molar-refractivity contribution in [1.29, 1.82) is 0 Å². The van der Waals surface area contributed by atoms with Crippen LogP contribution in [0.15, 0.2) is 42.6 Å². The van der Waals surface area contributed by atoms with E-state index in [1.54, 1.807) is 6.07 Å². The standard InChI is InChI=1S/C16H16N2O4/c17-14-6-12(20-9-13-10-21-13)7-18-15(14)16(19)22-8-11-4-2-1-3-5-11/h1-7,13H,8-10,17H2/t13-/m1/s1. The van der Waals surface area contributed by atoms with Crippen LogP contribution in [0.1, 0.15) is 16.1 Å². The maximum Gasteiger partial charge on any atom is 0.359 e. The van der Waals surface area contributed by atoms with Crippen LogP contribution in [-0.4, -0.2) is 30.3 Å². The first-order valence-electron chi connectivity index (χ1n) is 6.93. The van der Waals surface area contributed by atoms with Gasteiger partial charge in [0.05, 0.1) is 18.5 Å². The number of esters is 1. The van der Waals surface area contributed by atoms with E-state index in [1.165, 1.54) is 6.20 Å². The molecule has 1 aliphatic rings. The normalized spacial score (nSPS) is 16.1. The van der Waals surface area contributed by atoms with Crippen LogP contribution in [0.2, 0.25) is 0 Å². The van der Waals surface area contributed by atoms with E-state index in [0.29, 0.717) is 19.0 Å². The minimum Gasteiger partial charge on any atom is -0.489 e. The molecule has 0 bridgehead atoms. The number of nitrogen functional groups attached to an aromatic ring is 1. The number of hydrogen-bond acceptors (Lipinski definition) is 6. The molecule has 1 aliphatic heterocycles. The monoisotopic (exact) mass is 300 g/mol. The van der Waals surface area contributed by atoms with Gasteiger partial charge < -0.3 is 19.9 Å². The summed E-state index contributed by atoms with van der Waals surface area (Å²) in [5.74, 6) is -0.0500. The Morgan fingerprint density at radius 3 is 2.82 bits per heavy atom. The lowest BCUT2D eigenvalue weighted by atomic mass is 10.2. The Balaban J connectivity index is 1.59. The van der Waals surface area contributed by atoms with Crippen molar-refractivity contribution in [1.82, 2.24) is 4.98 Å². The van der Waals surface area contributed by atoms with Gasteiger partial charge in [-0.15, -0.1) is 0 Å². The summed E-state index contributed by atoms with van der Waals surface area (Å²) in [6.45, 7) is 1.35. The molecule has 1 atom stereocenters. The first-order valence-corrected chi connectivity index (χ1v) is 6.93. The maximum atomic E-state index is 12.0. The third-order valence-electron chi connectivity index (χ3n) is 3.14. The summed E-state index contributed by atoms with van der Waals surface area (Å²) in [5.41, 5.74) is 7.06. The smallest absolute Gasteiger partial charge is 0.359 e. The Kier molecular flexibility index (Phi) is 4.20. The number of carbonyl (C=O) groups is 1. The molecule has 6 heteroatoms. The van der Waals surface area contributed by atoms with Gasteiger partial charge in [0, 0.05) is 6.07 Å². The molecule has 22 heavy (non-hydrogen) atoms. The Hall–Kier alpha value is -2.60. The van der Waals surface area contributed by atoms with Crippen LogP contribution < -0.4 is 10.5 Å². The first-order chi connectivity index (χ1) is 10.7. The largest absolute Gasteiger partial charge is 0.489 e. The number of ether oxygens (including phenoxy) is 3. The Morgan fingerprint density at radius 1 is 1.36 bits per heavy atom. The quantitative estimate of drug-likeness (QED) is 0.646. The molecule has 1 aromatic carbocycles. The summed E-state index contributed by atoms with van der Waals surface area (Å²) in [5, 5.41) is 0. The molecule has 0 unspecified atom stereocenters. The van der Waals surface area contributed by atoms with E-state index < -0.39 is 5.97 Å². The van der Waals surface area contributed by atoms with Crippen LogP contribution >= 0.6 is 0 Å². The molecule has 0 saturated carbocycles. The number of rotatable bonds is 6. The fourth-order valence-electron chi connectivity index (χ4n) is 1.86. The minimum absolute atomic E-state index is 0.0888. The molecular formula is C16H16N2O4. The van der Waals surface area contributed by atoms with Gasteiger partial charge in [0.1, 0.15) is 25.1 Å². The van der Waals surface area contributed by atoms with Crippen LogP contribution in [0.5, 0.6) is 5.75 Å². The van der Waals surface area contributed by atoms with E-state index in [1.807, 2.05) is 30.3 Å². The SMILES string of the molecule is Nc1cc(OC[C@@H]2CO2)cnc1C(=O)OCc1ccccc1. The van der Waals surface area contributed by atoms with Gasteiger partial charge in [0.2, 0.25) is 0 Å². The van der Waals surface area contributed by atoms with Crippen LogP contribution in [0, 0.1) is 0 Å². The zero-order valence-corrected chi connectivity index (χ0v) is 11.9. The lowest BCUT2D eigenvalue weighted by Crippen LogP contribution is -2.11. The summed E-state index contributed by atoms with van der Waals surface area (Å²) in [6, 6.07) is 11.0. The van der Waals surface area contributed by atoms with Crippen molar-refractivity contribution in [3.8, 4) is 5.75 Å². The summed E-state index contributed by atoms with van der Waals surface area (Å²) in [7, 11) is 0. The van der Waals surface area contributed by atoms with Gasteiger partial charge in [0.15, 0.2) is 5.69 Å². The lowest BCUT2D eigenvalue weighted by molar-refractivity contribution is 0.0467. The second kappa shape index (κ2) is 6.44. The summed E-state index contributed by atoms with van der Waals surface area (Å²) in [4.78, 5) is 16.0.